The van der Waals surface area contributed by atoms with Crippen molar-refractivity contribution in [1.29, 1.82) is 0 Å². The largest absolute Gasteiger partial charge is 0.496 e. The van der Waals surface area contributed by atoms with Crippen LogP contribution in [0.15, 0.2) is 72.4 Å². The molecular formula is C27H26N2O3. The summed E-state index contributed by atoms with van der Waals surface area (Å²) in [5.74, 6) is -0.0236. The second kappa shape index (κ2) is 8.71. The van der Waals surface area contributed by atoms with E-state index in [1.807, 2.05) is 87.5 Å². The molecule has 1 aliphatic heterocycles. The molecule has 0 saturated carbocycles. The number of carbonyl (C=O) groups is 2. The minimum atomic E-state index is -0.348. The lowest BCUT2D eigenvalue weighted by Gasteiger charge is -2.17. The van der Waals surface area contributed by atoms with Gasteiger partial charge in [0.05, 0.1) is 19.2 Å². The van der Waals surface area contributed by atoms with Gasteiger partial charge in [-0.15, -0.1) is 0 Å². The van der Waals surface area contributed by atoms with Crippen molar-refractivity contribution < 1.29 is 14.3 Å². The van der Waals surface area contributed by atoms with Gasteiger partial charge >= 0.3 is 0 Å². The van der Waals surface area contributed by atoms with E-state index >= 15 is 0 Å². The monoisotopic (exact) mass is 426 g/mol. The second-order valence-corrected chi connectivity index (χ2v) is 8.02. The van der Waals surface area contributed by atoms with Crippen molar-refractivity contribution in [2.75, 3.05) is 12.4 Å². The van der Waals surface area contributed by atoms with Gasteiger partial charge in [0, 0.05) is 11.3 Å². The number of ether oxygens (including phenoxy) is 1. The van der Waals surface area contributed by atoms with E-state index in [-0.39, 0.29) is 18.4 Å². The van der Waals surface area contributed by atoms with Gasteiger partial charge in [-0.2, -0.15) is 0 Å². The number of carbonyl (C=O) groups excluding carboxylic acids is 2. The average Bonchev–Trinajstić information content (AvgIpc) is 3.00. The lowest BCUT2D eigenvalue weighted by atomic mass is 9.97. The molecular weight excluding hydrogens is 400 g/mol. The number of para-hydroxylation sites is 2. The number of nitrogens with zero attached hydrogens (tertiary/aromatic N) is 1. The second-order valence-electron chi connectivity index (χ2n) is 8.02. The lowest BCUT2D eigenvalue weighted by molar-refractivity contribution is -0.137. The Morgan fingerprint density at radius 1 is 0.844 bits per heavy atom. The zero-order chi connectivity index (χ0) is 22.8. The van der Waals surface area contributed by atoms with Gasteiger partial charge in [-0.1, -0.05) is 60.2 Å². The SMILES string of the molecule is COc1ccccc1CN1C(=O)C(Nc2ccccc2C)=C(c2ccc(C)cc2C)C1=O. The standard InChI is InChI=1S/C27H26N2O3/c1-17-13-14-21(19(3)15-17)24-25(28-22-11-7-5-9-18(22)2)27(31)29(26(24)30)16-20-10-6-8-12-23(20)32-4/h5-15,28H,16H2,1-4H3. The van der Waals surface area contributed by atoms with Crippen LogP contribution in [-0.4, -0.2) is 23.8 Å². The molecule has 1 heterocycles. The van der Waals surface area contributed by atoms with Gasteiger partial charge in [0.25, 0.3) is 11.8 Å². The van der Waals surface area contributed by atoms with E-state index in [4.69, 9.17) is 4.74 Å². The van der Waals surface area contributed by atoms with E-state index in [2.05, 4.69) is 5.32 Å². The van der Waals surface area contributed by atoms with Crippen LogP contribution in [0, 0.1) is 20.8 Å². The number of hydrogen-bond acceptors (Lipinski definition) is 4. The summed E-state index contributed by atoms with van der Waals surface area (Å²) in [6.45, 7) is 6.07. The average molecular weight is 427 g/mol. The third-order valence-electron chi connectivity index (χ3n) is 5.74. The van der Waals surface area contributed by atoms with Gasteiger partial charge in [0.15, 0.2) is 0 Å². The van der Waals surface area contributed by atoms with Gasteiger partial charge < -0.3 is 10.1 Å². The van der Waals surface area contributed by atoms with Crippen LogP contribution in [0.1, 0.15) is 27.8 Å². The number of hydrogen-bond donors (Lipinski definition) is 1. The van der Waals surface area contributed by atoms with Gasteiger partial charge in [0.1, 0.15) is 11.4 Å². The number of benzene rings is 3. The van der Waals surface area contributed by atoms with Crippen molar-refractivity contribution in [3.63, 3.8) is 0 Å². The fourth-order valence-electron chi connectivity index (χ4n) is 4.03. The Kier molecular flexibility index (Phi) is 5.82. The van der Waals surface area contributed by atoms with Crippen molar-refractivity contribution >= 4 is 23.1 Å². The molecule has 32 heavy (non-hydrogen) atoms. The molecule has 5 nitrogen and oxygen atoms in total. The Morgan fingerprint density at radius 3 is 2.28 bits per heavy atom. The maximum Gasteiger partial charge on any atom is 0.278 e. The molecule has 0 radical (unpaired) electrons. The topological polar surface area (TPSA) is 58.6 Å². The summed E-state index contributed by atoms with van der Waals surface area (Å²) in [4.78, 5) is 28.4. The van der Waals surface area contributed by atoms with E-state index in [1.165, 1.54) is 4.90 Å². The summed E-state index contributed by atoms with van der Waals surface area (Å²) in [7, 11) is 1.58. The molecule has 0 bridgehead atoms. The Labute approximate surface area is 188 Å². The fourth-order valence-corrected chi connectivity index (χ4v) is 4.03. The molecule has 0 saturated heterocycles. The zero-order valence-electron chi connectivity index (χ0n) is 18.7. The predicted molar refractivity (Wildman–Crippen MR) is 126 cm³/mol. The molecule has 3 aromatic carbocycles. The van der Waals surface area contributed by atoms with Crippen LogP contribution < -0.4 is 10.1 Å². The highest BCUT2D eigenvalue weighted by atomic mass is 16.5. The maximum absolute atomic E-state index is 13.6. The molecule has 5 heteroatoms. The van der Waals surface area contributed by atoms with Crippen LogP contribution in [0.2, 0.25) is 0 Å². The van der Waals surface area contributed by atoms with Gasteiger partial charge in [0.2, 0.25) is 0 Å². The summed E-state index contributed by atoms with van der Waals surface area (Å²) in [6, 6.07) is 21.0. The van der Waals surface area contributed by atoms with E-state index in [9.17, 15) is 9.59 Å². The minimum Gasteiger partial charge on any atom is -0.496 e. The first-order valence-electron chi connectivity index (χ1n) is 10.5. The minimum absolute atomic E-state index is 0.134. The first kappa shape index (κ1) is 21.4. The quantitative estimate of drug-likeness (QED) is 0.563. The zero-order valence-corrected chi connectivity index (χ0v) is 18.7. The maximum atomic E-state index is 13.6. The smallest absolute Gasteiger partial charge is 0.278 e. The van der Waals surface area contributed by atoms with Crippen LogP contribution in [0.3, 0.4) is 0 Å². The number of aryl methyl sites for hydroxylation is 3. The number of rotatable bonds is 6. The highest BCUT2D eigenvalue weighted by Gasteiger charge is 2.40. The summed E-state index contributed by atoms with van der Waals surface area (Å²) in [5, 5.41) is 3.26. The summed E-state index contributed by atoms with van der Waals surface area (Å²) in [5.41, 5.74) is 6.05. The van der Waals surface area contributed by atoms with Crippen molar-refractivity contribution in [1.82, 2.24) is 4.90 Å². The molecule has 0 aromatic heterocycles. The third-order valence-corrected chi connectivity index (χ3v) is 5.74. The van der Waals surface area contributed by atoms with Gasteiger partial charge in [-0.3, -0.25) is 14.5 Å². The van der Waals surface area contributed by atoms with Gasteiger partial charge in [-0.05, 0) is 49.6 Å². The van der Waals surface area contributed by atoms with E-state index in [0.29, 0.717) is 17.0 Å². The number of nitrogens with one attached hydrogen (secondary N) is 1. The molecule has 162 valence electrons. The molecule has 2 amide bonds. The number of amides is 2. The van der Waals surface area contributed by atoms with Crippen LogP contribution in [0.25, 0.3) is 5.57 Å². The Balaban J connectivity index is 1.80. The number of anilines is 1. The van der Waals surface area contributed by atoms with E-state index in [0.717, 1.165) is 33.5 Å². The fraction of sp³-hybridized carbons (Fsp3) is 0.185. The van der Waals surface area contributed by atoms with Crippen LogP contribution >= 0.6 is 0 Å². The van der Waals surface area contributed by atoms with Crippen molar-refractivity contribution in [2.45, 2.75) is 27.3 Å². The summed E-state index contributed by atoms with van der Waals surface area (Å²) < 4.78 is 5.43. The molecule has 0 unspecified atom stereocenters. The van der Waals surface area contributed by atoms with E-state index < -0.39 is 0 Å². The van der Waals surface area contributed by atoms with Crippen molar-refractivity contribution in [2.24, 2.45) is 0 Å². The molecule has 0 atom stereocenters. The molecule has 1 N–H and O–H groups in total. The molecule has 0 aliphatic carbocycles. The molecule has 4 rings (SSSR count). The third kappa shape index (κ3) is 3.89. The van der Waals surface area contributed by atoms with Crippen molar-refractivity contribution in [3.8, 4) is 5.75 Å². The first-order valence-corrected chi connectivity index (χ1v) is 10.5. The normalized spacial score (nSPS) is 13.7. The van der Waals surface area contributed by atoms with Crippen LogP contribution in [0.4, 0.5) is 5.69 Å². The lowest BCUT2D eigenvalue weighted by Crippen LogP contribution is -2.32. The number of methoxy groups -OCH3 is 1. The molecule has 1 aliphatic rings. The summed E-state index contributed by atoms with van der Waals surface area (Å²) in [6.07, 6.45) is 0. The Hall–Kier alpha value is -3.86. The highest BCUT2D eigenvalue weighted by molar-refractivity contribution is 6.36. The highest BCUT2D eigenvalue weighted by Crippen LogP contribution is 2.34. The van der Waals surface area contributed by atoms with Crippen LogP contribution in [-0.2, 0) is 16.1 Å². The van der Waals surface area contributed by atoms with E-state index in [1.54, 1.807) is 7.11 Å². The first-order chi connectivity index (χ1) is 15.4. The predicted octanol–water partition coefficient (Wildman–Crippen LogP) is 5.01. The van der Waals surface area contributed by atoms with Crippen LogP contribution in [0.5, 0.6) is 5.75 Å². The van der Waals surface area contributed by atoms with Crippen molar-refractivity contribution in [3.05, 3.63) is 100 Å². The molecule has 3 aromatic rings. The molecule has 0 fully saturated rings. The van der Waals surface area contributed by atoms with Gasteiger partial charge in [-0.25, -0.2) is 0 Å². The summed E-state index contributed by atoms with van der Waals surface area (Å²) >= 11 is 0. The molecule has 0 spiro atoms. The number of imide groups is 1. The Morgan fingerprint density at radius 2 is 1.56 bits per heavy atom. The Bertz CT molecular complexity index is 1240.